The van der Waals surface area contributed by atoms with Crippen LogP contribution in [-0.2, 0) is 14.3 Å². The van der Waals surface area contributed by atoms with Crippen molar-refractivity contribution in [3.8, 4) is 0 Å². The number of methoxy groups -OCH3 is 1. The molecule has 2 N–H and O–H groups in total. The zero-order valence-corrected chi connectivity index (χ0v) is 13.0. The number of halogens is 1. The Morgan fingerprint density at radius 2 is 2.19 bits per heavy atom. The molecule has 114 valence electrons. The van der Waals surface area contributed by atoms with Gasteiger partial charge in [-0.3, -0.25) is 14.9 Å². The fourth-order valence-corrected chi connectivity index (χ4v) is 2.63. The largest absolute Gasteiger partial charge is 0.468 e. The van der Waals surface area contributed by atoms with Crippen molar-refractivity contribution in [2.24, 2.45) is 5.92 Å². The van der Waals surface area contributed by atoms with Crippen molar-refractivity contribution in [1.82, 2.24) is 5.32 Å². The van der Waals surface area contributed by atoms with Gasteiger partial charge in [0.25, 0.3) is 0 Å². The maximum atomic E-state index is 12.1. The molecule has 1 heterocycles. The molecule has 1 aliphatic rings. The molecule has 1 aromatic carbocycles. The van der Waals surface area contributed by atoms with Gasteiger partial charge in [-0.25, -0.2) is 0 Å². The van der Waals surface area contributed by atoms with E-state index < -0.39 is 12.1 Å². The number of anilines is 1. The van der Waals surface area contributed by atoms with Gasteiger partial charge >= 0.3 is 5.97 Å². The van der Waals surface area contributed by atoms with Crippen molar-refractivity contribution in [2.75, 3.05) is 12.4 Å². The molecule has 0 saturated heterocycles. The molecule has 0 fully saturated rings. The van der Waals surface area contributed by atoms with Gasteiger partial charge in [0.1, 0.15) is 12.1 Å². The molecule has 6 heteroatoms. The predicted octanol–water partition coefficient (Wildman–Crippen LogP) is 2.51. The lowest BCUT2D eigenvalue weighted by molar-refractivity contribution is -0.144. The molecule has 1 aromatic rings. The van der Waals surface area contributed by atoms with Crippen molar-refractivity contribution in [1.29, 1.82) is 0 Å². The summed E-state index contributed by atoms with van der Waals surface area (Å²) >= 11 is 5.99. The summed E-state index contributed by atoms with van der Waals surface area (Å²) in [7, 11) is 1.34. The Bertz CT molecular complexity index is 560. The molecule has 1 aliphatic heterocycles. The van der Waals surface area contributed by atoms with Crippen LogP contribution < -0.4 is 10.6 Å². The minimum absolute atomic E-state index is 0.190. The van der Waals surface area contributed by atoms with E-state index in [1.807, 2.05) is 13.8 Å². The van der Waals surface area contributed by atoms with Gasteiger partial charge in [0.2, 0.25) is 5.91 Å². The van der Waals surface area contributed by atoms with Crippen molar-refractivity contribution in [2.45, 2.75) is 32.4 Å². The zero-order valence-electron chi connectivity index (χ0n) is 12.3. The Morgan fingerprint density at radius 1 is 1.48 bits per heavy atom. The van der Waals surface area contributed by atoms with E-state index in [0.717, 1.165) is 11.3 Å². The number of carbonyl (C=O) groups is 2. The van der Waals surface area contributed by atoms with Gasteiger partial charge in [-0.1, -0.05) is 25.4 Å². The molecule has 1 amide bonds. The summed E-state index contributed by atoms with van der Waals surface area (Å²) < 4.78 is 4.81. The van der Waals surface area contributed by atoms with Crippen LogP contribution in [0.25, 0.3) is 0 Å². The van der Waals surface area contributed by atoms with Crippen LogP contribution in [-0.4, -0.2) is 25.0 Å². The molecule has 0 aliphatic carbocycles. The molecule has 0 saturated carbocycles. The highest BCUT2D eigenvalue weighted by atomic mass is 35.5. The minimum atomic E-state index is -0.596. The van der Waals surface area contributed by atoms with E-state index in [-0.39, 0.29) is 11.9 Å². The van der Waals surface area contributed by atoms with E-state index in [4.69, 9.17) is 16.3 Å². The summed E-state index contributed by atoms with van der Waals surface area (Å²) in [6.45, 7) is 4.02. The van der Waals surface area contributed by atoms with Gasteiger partial charge in [0.15, 0.2) is 0 Å². The van der Waals surface area contributed by atoms with E-state index >= 15 is 0 Å². The Labute approximate surface area is 129 Å². The Hall–Kier alpha value is -1.59. The smallest absolute Gasteiger partial charge is 0.322 e. The van der Waals surface area contributed by atoms with Gasteiger partial charge in [0.05, 0.1) is 7.11 Å². The standard InChI is InChI=1S/C15H19ClN2O3/c1-8(2)6-12(15(20)21-3)17-13-10-7-9(16)4-5-11(10)18-14(13)19/h4-5,7-8,12-13,17H,6H2,1-3H3,(H,18,19). The van der Waals surface area contributed by atoms with E-state index in [2.05, 4.69) is 10.6 Å². The van der Waals surface area contributed by atoms with E-state index in [1.165, 1.54) is 7.11 Å². The molecule has 0 bridgehead atoms. The Morgan fingerprint density at radius 3 is 2.81 bits per heavy atom. The minimum Gasteiger partial charge on any atom is -0.468 e. The van der Waals surface area contributed by atoms with E-state index in [0.29, 0.717) is 17.4 Å². The van der Waals surface area contributed by atoms with Gasteiger partial charge < -0.3 is 10.1 Å². The lowest BCUT2D eigenvalue weighted by Crippen LogP contribution is -2.43. The molecular formula is C15H19ClN2O3. The average Bonchev–Trinajstić information content (AvgIpc) is 2.72. The van der Waals surface area contributed by atoms with Crippen LogP contribution in [0.15, 0.2) is 18.2 Å². The third-order valence-corrected chi connectivity index (χ3v) is 3.64. The molecular weight excluding hydrogens is 292 g/mol. The molecule has 2 unspecified atom stereocenters. The molecule has 2 atom stereocenters. The quantitative estimate of drug-likeness (QED) is 0.820. The molecule has 0 spiro atoms. The SMILES string of the molecule is COC(=O)C(CC(C)C)NC1C(=O)Nc2ccc(Cl)cc21. The van der Waals surface area contributed by atoms with Crippen LogP contribution in [0, 0.1) is 5.92 Å². The number of fused-ring (bicyclic) bond motifs is 1. The van der Waals surface area contributed by atoms with Gasteiger partial charge in [-0.2, -0.15) is 0 Å². The van der Waals surface area contributed by atoms with Crippen LogP contribution in [0.2, 0.25) is 5.02 Å². The van der Waals surface area contributed by atoms with Crippen LogP contribution in [0.3, 0.4) is 0 Å². The number of ether oxygens (including phenoxy) is 1. The monoisotopic (exact) mass is 310 g/mol. The number of hydrogen-bond acceptors (Lipinski definition) is 4. The Kier molecular flexibility index (Phi) is 4.85. The second-order valence-electron chi connectivity index (χ2n) is 5.53. The first kappa shape index (κ1) is 15.8. The topological polar surface area (TPSA) is 67.4 Å². The maximum absolute atomic E-state index is 12.1. The molecule has 0 radical (unpaired) electrons. The number of esters is 1. The second kappa shape index (κ2) is 6.45. The van der Waals surface area contributed by atoms with Gasteiger partial charge in [-0.15, -0.1) is 0 Å². The molecule has 2 rings (SSSR count). The number of carbonyl (C=O) groups excluding carboxylic acids is 2. The lowest BCUT2D eigenvalue weighted by Gasteiger charge is -2.21. The van der Waals surface area contributed by atoms with E-state index in [9.17, 15) is 9.59 Å². The fraction of sp³-hybridized carbons (Fsp3) is 0.467. The summed E-state index contributed by atoms with van der Waals surface area (Å²) in [5, 5.41) is 6.42. The van der Waals surface area contributed by atoms with Gasteiger partial charge in [-0.05, 0) is 30.5 Å². The van der Waals surface area contributed by atoms with Gasteiger partial charge in [0, 0.05) is 16.3 Å². The van der Waals surface area contributed by atoms with Crippen molar-refractivity contribution in [3.63, 3.8) is 0 Å². The van der Waals surface area contributed by atoms with E-state index in [1.54, 1.807) is 18.2 Å². The first-order valence-corrected chi connectivity index (χ1v) is 7.24. The summed E-state index contributed by atoms with van der Waals surface area (Å²) in [5.74, 6) is -0.262. The first-order chi connectivity index (χ1) is 9.92. The van der Waals surface area contributed by atoms with Crippen molar-refractivity contribution >= 4 is 29.2 Å². The summed E-state index contributed by atoms with van der Waals surface area (Å²) in [6.07, 6.45) is 0.590. The number of benzene rings is 1. The fourth-order valence-electron chi connectivity index (χ4n) is 2.45. The van der Waals surface area contributed by atoms with Crippen molar-refractivity contribution < 1.29 is 14.3 Å². The lowest BCUT2D eigenvalue weighted by atomic mass is 10.0. The maximum Gasteiger partial charge on any atom is 0.322 e. The molecule has 5 nitrogen and oxygen atoms in total. The Balaban J connectivity index is 2.23. The predicted molar refractivity (Wildman–Crippen MR) is 81.2 cm³/mol. The first-order valence-electron chi connectivity index (χ1n) is 6.86. The summed E-state index contributed by atoms with van der Waals surface area (Å²) in [5.41, 5.74) is 1.47. The van der Waals surface area contributed by atoms with Crippen LogP contribution >= 0.6 is 11.6 Å². The average molecular weight is 311 g/mol. The zero-order chi connectivity index (χ0) is 15.6. The number of amides is 1. The third-order valence-electron chi connectivity index (χ3n) is 3.41. The third kappa shape index (κ3) is 3.54. The highest BCUT2D eigenvalue weighted by Gasteiger charge is 2.34. The number of rotatable bonds is 5. The van der Waals surface area contributed by atoms with Crippen molar-refractivity contribution in [3.05, 3.63) is 28.8 Å². The highest BCUT2D eigenvalue weighted by molar-refractivity contribution is 6.31. The summed E-state index contributed by atoms with van der Waals surface area (Å²) in [6, 6.07) is 4.08. The number of hydrogen-bond donors (Lipinski definition) is 2. The molecule has 21 heavy (non-hydrogen) atoms. The van der Waals surface area contributed by atoms with Crippen LogP contribution in [0.5, 0.6) is 0 Å². The summed E-state index contributed by atoms with van der Waals surface area (Å²) in [4.78, 5) is 24.0. The molecule has 0 aromatic heterocycles. The normalized spacial score (nSPS) is 18.3. The number of nitrogens with one attached hydrogen (secondary N) is 2. The second-order valence-corrected chi connectivity index (χ2v) is 5.96. The van der Waals surface area contributed by atoms with Crippen LogP contribution in [0.4, 0.5) is 5.69 Å². The highest BCUT2D eigenvalue weighted by Crippen LogP contribution is 2.33. The van der Waals surface area contributed by atoms with Crippen LogP contribution in [0.1, 0.15) is 31.9 Å².